The number of nitrogens with one attached hydrogen (secondary N) is 1. The molecule has 1 aromatic carbocycles. The number of halogens is 1. The molecule has 0 amide bonds. The zero-order valence-corrected chi connectivity index (χ0v) is 9.56. The maximum absolute atomic E-state index is 6.04. The summed E-state index contributed by atoms with van der Waals surface area (Å²) in [6.45, 7) is 6.87. The van der Waals surface area contributed by atoms with Gasteiger partial charge in [-0.05, 0) is 32.9 Å². The predicted molar refractivity (Wildman–Crippen MR) is 61.4 cm³/mol. The smallest absolute Gasteiger partial charge is 0.161 e. The Morgan fingerprint density at radius 2 is 2.14 bits per heavy atom. The molecule has 14 heavy (non-hydrogen) atoms. The van der Waals surface area contributed by atoms with E-state index >= 15 is 0 Å². The Balaban J connectivity index is 2.96. The zero-order chi connectivity index (χ0) is 10.6. The first-order chi connectivity index (χ1) is 6.65. The van der Waals surface area contributed by atoms with Crippen molar-refractivity contribution < 1.29 is 4.74 Å². The number of benzene rings is 1. The Morgan fingerprint density at radius 3 is 2.71 bits per heavy atom. The van der Waals surface area contributed by atoms with Crippen LogP contribution >= 0.6 is 11.6 Å². The normalized spacial score (nSPS) is 10.4. The summed E-state index contributed by atoms with van der Waals surface area (Å²) in [7, 11) is 0. The molecule has 0 saturated heterocycles. The van der Waals surface area contributed by atoms with E-state index in [1.807, 2.05) is 39.0 Å². The number of ether oxygens (including phenoxy) is 1. The van der Waals surface area contributed by atoms with E-state index in [-0.39, 0.29) is 6.10 Å². The summed E-state index contributed by atoms with van der Waals surface area (Å²) in [5, 5.41) is 3.86. The van der Waals surface area contributed by atoms with Crippen LogP contribution in [-0.4, -0.2) is 12.6 Å². The minimum Gasteiger partial charge on any atom is -0.487 e. The lowest BCUT2D eigenvalue weighted by molar-refractivity contribution is 0.244. The van der Waals surface area contributed by atoms with E-state index in [0.717, 1.165) is 18.0 Å². The van der Waals surface area contributed by atoms with Crippen molar-refractivity contribution in [3.05, 3.63) is 23.2 Å². The van der Waals surface area contributed by atoms with E-state index in [2.05, 4.69) is 5.32 Å². The van der Waals surface area contributed by atoms with Crippen LogP contribution in [0.5, 0.6) is 5.75 Å². The molecular formula is C11H16ClNO. The van der Waals surface area contributed by atoms with Crippen LogP contribution in [0.1, 0.15) is 20.8 Å². The van der Waals surface area contributed by atoms with Gasteiger partial charge >= 0.3 is 0 Å². The summed E-state index contributed by atoms with van der Waals surface area (Å²) in [6, 6.07) is 5.71. The van der Waals surface area contributed by atoms with E-state index in [1.54, 1.807) is 0 Å². The largest absolute Gasteiger partial charge is 0.487 e. The molecule has 0 aliphatic heterocycles. The highest BCUT2D eigenvalue weighted by molar-refractivity contribution is 6.32. The molecule has 0 radical (unpaired) electrons. The standard InChI is InChI=1S/C11H16ClNO/c1-4-13-10-7-5-6-9(12)11(10)14-8(2)3/h5-8,13H,4H2,1-3H3. The van der Waals surface area contributed by atoms with Gasteiger partial charge in [0.1, 0.15) is 0 Å². The van der Waals surface area contributed by atoms with Gasteiger partial charge in [0.05, 0.1) is 16.8 Å². The number of hydrogen-bond acceptors (Lipinski definition) is 2. The molecule has 3 heteroatoms. The van der Waals surface area contributed by atoms with Gasteiger partial charge in [0.15, 0.2) is 5.75 Å². The topological polar surface area (TPSA) is 21.3 Å². The second-order valence-corrected chi connectivity index (χ2v) is 3.72. The van der Waals surface area contributed by atoms with Gasteiger partial charge < -0.3 is 10.1 Å². The van der Waals surface area contributed by atoms with Crippen molar-refractivity contribution in [2.24, 2.45) is 0 Å². The Labute approximate surface area is 90.2 Å². The van der Waals surface area contributed by atoms with E-state index in [0.29, 0.717) is 5.02 Å². The zero-order valence-electron chi connectivity index (χ0n) is 8.80. The van der Waals surface area contributed by atoms with Crippen molar-refractivity contribution in [1.29, 1.82) is 0 Å². The number of rotatable bonds is 4. The van der Waals surface area contributed by atoms with Crippen molar-refractivity contribution in [2.75, 3.05) is 11.9 Å². The fourth-order valence-corrected chi connectivity index (χ4v) is 1.41. The summed E-state index contributed by atoms with van der Waals surface area (Å²) < 4.78 is 5.63. The van der Waals surface area contributed by atoms with Crippen molar-refractivity contribution in [3.63, 3.8) is 0 Å². The number of para-hydroxylation sites is 1. The van der Waals surface area contributed by atoms with Gasteiger partial charge in [0.25, 0.3) is 0 Å². The van der Waals surface area contributed by atoms with Gasteiger partial charge in [-0.1, -0.05) is 17.7 Å². The monoisotopic (exact) mass is 213 g/mol. The lowest BCUT2D eigenvalue weighted by Gasteiger charge is -2.16. The maximum Gasteiger partial charge on any atom is 0.161 e. The minimum absolute atomic E-state index is 0.132. The van der Waals surface area contributed by atoms with Crippen LogP contribution in [0.15, 0.2) is 18.2 Å². The molecule has 0 heterocycles. The van der Waals surface area contributed by atoms with Crippen molar-refractivity contribution >= 4 is 17.3 Å². The number of anilines is 1. The van der Waals surface area contributed by atoms with Crippen molar-refractivity contribution in [3.8, 4) is 5.75 Å². The lowest BCUT2D eigenvalue weighted by Crippen LogP contribution is -2.08. The van der Waals surface area contributed by atoms with Gasteiger partial charge in [-0.25, -0.2) is 0 Å². The van der Waals surface area contributed by atoms with Gasteiger partial charge in [-0.2, -0.15) is 0 Å². The van der Waals surface area contributed by atoms with Crippen molar-refractivity contribution in [1.82, 2.24) is 0 Å². The maximum atomic E-state index is 6.04. The summed E-state index contributed by atoms with van der Waals surface area (Å²) in [5.74, 6) is 0.742. The van der Waals surface area contributed by atoms with Gasteiger partial charge in [0, 0.05) is 6.54 Å². The van der Waals surface area contributed by atoms with Gasteiger partial charge in [-0.15, -0.1) is 0 Å². The van der Waals surface area contributed by atoms with Gasteiger partial charge in [0.2, 0.25) is 0 Å². The third-order valence-corrected chi connectivity index (χ3v) is 1.99. The lowest BCUT2D eigenvalue weighted by atomic mass is 10.3. The first-order valence-electron chi connectivity index (χ1n) is 4.84. The molecule has 0 aliphatic carbocycles. The van der Waals surface area contributed by atoms with E-state index in [4.69, 9.17) is 16.3 Å². The van der Waals surface area contributed by atoms with Crippen molar-refractivity contribution in [2.45, 2.75) is 26.9 Å². The molecule has 0 spiro atoms. The van der Waals surface area contributed by atoms with Crippen LogP contribution in [0.2, 0.25) is 5.02 Å². The summed E-state index contributed by atoms with van der Waals surface area (Å²) in [4.78, 5) is 0. The number of hydrogen-bond donors (Lipinski definition) is 1. The second-order valence-electron chi connectivity index (χ2n) is 3.31. The molecule has 0 aromatic heterocycles. The highest BCUT2D eigenvalue weighted by Crippen LogP contribution is 2.33. The molecular weight excluding hydrogens is 198 g/mol. The molecule has 78 valence electrons. The highest BCUT2D eigenvalue weighted by Gasteiger charge is 2.08. The second kappa shape index (κ2) is 5.11. The molecule has 0 bridgehead atoms. The first kappa shape index (κ1) is 11.2. The van der Waals surface area contributed by atoms with E-state index in [1.165, 1.54) is 0 Å². The molecule has 0 saturated carbocycles. The van der Waals surface area contributed by atoms with Gasteiger partial charge in [-0.3, -0.25) is 0 Å². The Bertz CT molecular complexity index is 299. The Hall–Kier alpha value is -0.890. The molecule has 0 aliphatic rings. The third-order valence-electron chi connectivity index (χ3n) is 1.69. The summed E-state index contributed by atoms with van der Waals surface area (Å²) >= 11 is 6.04. The third kappa shape index (κ3) is 2.81. The summed E-state index contributed by atoms with van der Waals surface area (Å²) in [5.41, 5.74) is 0.953. The molecule has 0 unspecified atom stereocenters. The molecule has 2 nitrogen and oxygen atoms in total. The fraction of sp³-hybridized carbons (Fsp3) is 0.455. The first-order valence-corrected chi connectivity index (χ1v) is 5.22. The molecule has 0 atom stereocenters. The average Bonchev–Trinajstić information content (AvgIpc) is 2.11. The Morgan fingerprint density at radius 1 is 1.43 bits per heavy atom. The SMILES string of the molecule is CCNc1cccc(Cl)c1OC(C)C. The van der Waals surface area contributed by atoms with Crippen LogP contribution in [0.3, 0.4) is 0 Å². The molecule has 1 rings (SSSR count). The van der Waals surface area contributed by atoms with Crippen LogP contribution in [0, 0.1) is 0 Å². The molecule has 1 N–H and O–H groups in total. The van der Waals surface area contributed by atoms with E-state index < -0.39 is 0 Å². The highest BCUT2D eigenvalue weighted by atomic mass is 35.5. The molecule has 0 fully saturated rings. The predicted octanol–water partition coefficient (Wildman–Crippen LogP) is 3.56. The average molecular weight is 214 g/mol. The van der Waals surface area contributed by atoms with E-state index in [9.17, 15) is 0 Å². The quantitative estimate of drug-likeness (QED) is 0.826. The Kier molecular flexibility index (Phi) is 4.08. The summed E-state index contributed by atoms with van der Waals surface area (Å²) in [6.07, 6.45) is 0.132. The van der Waals surface area contributed by atoms with Crippen LogP contribution in [-0.2, 0) is 0 Å². The minimum atomic E-state index is 0.132. The van der Waals surface area contributed by atoms with Crippen LogP contribution in [0.25, 0.3) is 0 Å². The van der Waals surface area contributed by atoms with Crippen LogP contribution < -0.4 is 10.1 Å². The van der Waals surface area contributed by atoms with Crippen LogP contribution in [0.4, 0.5) is 5.69 Å². The molecule has 1 aromatic rings. The fourth-order valence-electron chi connectivity index (χ4n) is 1.19.